The number of rotatable bonds is 2. The third-order valence-electron chi connectivity index (χ3n) is 4.20. The first kappa shape index (κ1) is 14.1. The van der Waals surface area contributed by atoms with E-state index >= 15 is 0 Å². The van der Waals surface area contributed by atoms with Crippen LogP contribution in [0.5, 0.6) is 0 Å². The fourth-order valence-corrected chi connectivity index (χ4v) is 3.06. The summed E-state index contributed by atoms with van der Waals surface area (Å²) in [6.07, 6.45) is 1.57. The van der Waals surface area contributed by atoms with E-state index in [9.17, 15) is 14.7 Å². The number of nitrogens with zero attached hydrogens (tertiary/aromatic N) is 2. The van der Waals surface area contributed by atoms with Gasteiger partial charge in [0.15, 0.2) is 0 Å². The Labute approximate surface area is 124 Å². The van der Waals surface area contributed by atoms with Crippen LogP contribution in [-0.2, 0) is 4.79 Å². The molecule has 1 N–H and O–H groups in total. The first-order valence-corrected chi connectivity index (χ1v) is 7.44. The number of hydrogen-bond acceptors (Lipinski definition) is 3. The number of likely N-dealkylation sites (tertiary alicyclic amines) is 1. The van der Waals surface area contributed by atoms with Gasteiger partial charge in [-0.3, -0.25) is 9.59 Å². The second kappa shape index (κ2) is 5.48. The summed E-state index contributed by atoms with van der Waals surface area (Å²) in [5.41, 5.74) is 2.27. The molecule has 0 aliphatic carbocycles. The van der Waals surface area contributed by atoms with Crippen LogP contribution in [0.4, 0.5) is 5.69 Å². The number of aryl methyl sites for hydroxylation is 1. The standard InChI is InChI=1S/C16H20N2O3/c1-11-4-5-14(18-7-2-3-15(18)20)13(9-11)16(21)17-8-6-12(19)10-17/h4-5,9,12,19H,2-3,6-8,10H2,1H3/t12-/m1/s1. The lowest BCUT2D eigenvalue weighted by Gasteiger charge is -2.23. The van der Waals surface area contributed by atoms with Crippen LogP contribution in [0.1, 0.15) is 35.2 Å². The molecule has 2 aliphatic heterocycles. The number of amides is 2. The summed E-state index contributed by atoms with van der Waals surface area (Å²) in [5, 5.41) is 9.61. The highest BCUT2D eigenvalue weighted by Crippen LogP contribution is 2.28. The average molecular weight is 288 g/mol. The summed E-state index contributed by atoms with van der Waals surface area (Å²) in [6.45, 7) is 3.55. The molecule has 112 valence electrons. The van der Waals surface area contributed by atoms with Gasteiger partial charge in [-0.1, -0.05) is 11.6 Å². The van der Waals surface area contributed by atoms with Crippen molar-refractivity contribution in [2.75, 3.05) is 24.5 Å². The van der Waals surface area contributed by atoms with Crippen molar-refractivity contribution >= 4 is 17.5 Å². The van der Waals surface area contributed by atoms with E-state index in [-0.39, 0.29) is 11.8 Å². The summed E-state index contributed by atoms with van der Waals surface area (Å²) in [5.74, 6) is -0.0145. The second-order valence-corrected chi connectivity index (χ2v) is 5.86. The average Bonchev–Trinajstić information content (AvgIpc) is 3.07. The van der Waals surface area contributed by atoms with E-state index in [1.807, 2.05) is 25.1 Å². The quantitative estimate of drug-likeness (QED) is 0.893. The van der Waals surface area contributed by atoms with Crippen molar-refractivity contribution in [3.8, 4) is 0 Å². The molecule has 21 heavy (non-hydrogen) atoms. The molecule has 0 saturated carbocycles. The first-order valence-electron chi connectivity index (χ1n) is 7.44. The maximum atomic E-state index is 12.7. The van der Waals surface area contributed by atoms with Gasteiger partial charge in [-0.25, -0.2) is 0 Å². The van der Waals surface area contributed by atoms with Crippen molar-refractivity contribution in [1.82, 2.24) is 4.90 Å². The molecule has 2 aliphatic rings. The Morgan fingerprint density at radius 3 is 2.76 bits per heavy atom. The molecule has 2 fully saturated rings. The summed E-state index contributed by atoms with van der Waals surface area (Å²) in [6, 6.07) is 5.63. The molecule has 2 saturated heterocycles. The van der Waals surface area contributed by atoms with Crippen LogP contribution in [-0.4, -0.2) is 47.6 Å². The smallest absolute Gasteiger partial charge is 0.256 e. The molecule has 0 radical (unpaired) electrons. The van der Waals surface area contributed by atoms with Gasteiger partial charge in [-0.05, 0) is 31.9 Å². The van der Waals surface area contributed by atoms with Gasteiger partial charge in [0.2, 0.25) is 5.91 Å². The van der Waals surface area contributed by atoms with E-state index in [0.717, 1.165) is 12.0 Å². The highest BCUT2D eigenvalue weighted by Gasteiger charge is 2.30. The minimum atomic E-state index is -0.435. The monoisotopic (exact) mass is 288 g/mol. The van der Waals surface area contributed by atoms with E-state index in [0.29, 0.717) is 43.7 Å². The molecule has 1 aromatic rings. The number of carbonyl (C=O) groups excluding carboxylic acids is 2. The minimum Gasteiger partial charge on any atom is -0.391 e. The zero-order valence-corrected chi connectivity index (χ0v) is 12.2. The van der Waals surface area contributed by atoms with E-state index in [1.54, 1.807) is 9.80 Å². The maximum Gasteiger partial charge on any atom is 0.256 e. The number of benzene rings is 1. The van der Waals surface area contributed by atoms with Gasteiger partial charge in [-0.15, -0.1) is 0 Å². The number of anilines is 1. The molecule has 5 nitrogen and oxygen atoms in total. The van der Waals surface area contributed by atoms with Crippen LogP contribution in [0.3, 0.4) is 0 Å². The third-order valence-corrected chi connectivity index (χ3v) is 4.20. The van der Waals surface area contributed by atoms with Crippen LogP contribution in [0.2, 0.25) is 0 Å². The Bertz CT molecular complexity index is 585. The Hall–Kier alpha value is -1.88. The zero-order chi connectivity index (χ0) is 15.0. The fourth-order valence-electron chi connectivity index (χ4n) is 3.06. The molecular formula is C16H20N2O3. The predicted molar refractivity (Wildman–Crippen MR) is 79.3 cm³/mol. The normalized spacial score (nSPS) is 22.2. The third kappa shape index (κ3) is 2.65. The molecule has 2 heterocycles. The van der Waals surface area contributed by atoms with E-state index in [4.69, 9.17) is 0 Å². The molecule has 0 bridgehead atoms. The molecule has 0 spiro atoms. The topological polar surface area (TPSA) is 60.9 Å². The van der Waals surface area contributed by atoms with Crippen LogP contribution < -0.4 is 4.90 Å². The number of hydrogen-bond donors (Lipinski definition) is 1. The second-order valence-electron chi connectivity index (χ2n) is 5.86. The van der Waals surface area contributed by atoms with Gasteiger partial charge in [0, 0.05) is 26.1 Å². The number of aliphatic hydroxyl groups is 1. The van der Waals surface area contributed by atoms with Crippen LogP contribution in [0.25, 0.3) is 0 Å². The number of β-amino-alcohol motifs (C(OH)–C–C–N with tert-alkyl or cyclic N) is 1. The molecule has 5 heteroatoms. The molecule has 0 unspecified atom stereocenters. The Kier molecular flexibility index (Phi) is 3.68. The highest BCUT2D eigenvalue weighted by atomic mass is 16.3. The van der Waals surface area contributed by atoms with Crippen molar-refractivity contribution in [3.63, 3.8) is 0 Å². The predicted octanol–water partition coefficient (Wildman–Crippen LogP) is 1.33. The molecule has 1 atom stereocenters. The largest absolute Gasteiger partial charge is 0.391 e. The molecule has 0 aromatic heterocycles. The van der Waals surface area contributed by atoms with Crippen LogP contribution >= 0.6 is 0 Å². The maximum absolute atomic E-state index is 12.7. The SMILES string of the molecule is Cc1ccc(N2CCCC2=O)c(C(=O)N2CC[C@@H](O)C2)c1. The van der Waals surface area contributed by atoms with Gasteiger partial charge in [0.25, 0.3) is 5.91 Å². The van der Waals surface area contributed by atoms with Crippen molar-refractivity contribution < 1.29 is 14.7 Å². The molecular weight excluding hydrogens is 268 g/mol. The lowest BCUT2D eigenvalue weighted by Crippen LogP contribution is -2.32. The van der Waals surface area contributed by atoms with Gasteiger partial charge in [-0.2, -0.15) is 0 Å². The number of aliphatic hydroxyl groups excluding tert-OH is 1. The van der Waals surface area contributed by atoms with Crippen LogP contribution in [0.15, 0.2) is 18.2 Å². The highest BCUT2D eigenvalue weighted by molar-refractivity contribution is 6.05. The van der Waals surface area contributed by atoms with E-state index in [2.05, 4.69) is 0 Å². The fraction of sp³-hybridized carbons (Fsp3) is 0.500. The Morgan fingerprint density at radius 2 is 2.14 bits per heavy atom. The minimum absolute atomic E-state index is 0.0781. The summed E-state index contributed by atoms with van der Waals surface area (Å²) in [7, 11) is 0. The van der Waals surface area contributed by atoms with Gasteiger partial charge in [0.05, 0.1) is 17.4 Å². The van der Waals surface area contributed by atoms with Crippen molar-refractivity contribution in [3.05, 3.63) is 29.3 Å². The first-order chi connectivity index (χ1) is 10.1. The molecule has 3 rings (SSSR count). The number of carbonyl (C=O) groups is 2. The Balaban J connectivity index is 1.94. The van der Waals surface area contributed by atoms with Crippen molar-refractivity contribution in [1.29, 1.82) is 0 Å². The van der Waals surface area contributed by atoms with E-state index in [1.165, 1.54) is 0 Å². The van der Waals surface area contributed by atoms with Crippen LogP contribution in [0, 0.1) is 6.92 Å². The summed E-state index contributed by atoms with van der Waals surface area (Å²) in [4.78, 5) is 28.1. The van der Waals surface area contributed by atoms with Crippen molar-refractivity contribution in [2.24, 2.45) is 0 Å². The zero-order valence-electron chi connectivity index (χ0n) is 12.2. The Morgan fingerprint density at radius 1 is 1.33 bits per heavy atom. The van der Waals surface area contributed by atoms with Gasteiger partial charge < -0.3 is 14.9 Å². The summed E-state index contributed by atoms with van der Waals surface area (Å²) >= 11 is 0. The molecule has 2 amide bonds. The summed E-state index contributed by atoms with van der Waals surface area (Å²) < 4.78 is 0. The lowest BCUT2D eigenvalue weighted by molar-refractivity contribution is -0.117. The van der Waals surface area contributed by atoms with Gasteiger partial charge in [0.1, 0.15) is 0 Å². The van der Waals surface area contributed by atoms with E-state index < -0.39 is 6.10 Å². The molecule has 1 aromatic carbocycles. The van der Waals surface area contributed by atoms with Gasteiger partial charge >= 0.3 is 0 Å². The lowest BCUT2D eigenvalue weighted by atomic mass is 10.1. The van der Waals surface area contributed by atoms with Crippen molar-refractivity contribution in [2.45, 2.75) is 32.3 Å².